The van der Waals surface area contributed by atoms with E-state index in [0.29, 0.717) is 44.9 Å². The highest BCUT2D eigenvalue weighted by Crippen LogP contribution is 2.45. The minimum atomic E-state index is -5.02. The zero-order valence-electron chi connectivity index (χ0n) is 66.4. The number of esters is 4. The molecule has 0 saturated carbocycles. The molecule has 0 fully saturated rings. The zero-order valence-corrected chi connectivity index (χ0v) is 68.2. The number of rotatable bonds is 73. The minimum Gasteiger partial charge on any atom is -0.462 e. The molecule has 0 rings (SSSR count). The van der Waals surface area contributed by atoms with Gasteiger partial charge in [0.05, 0.1) is 26.4 Å². The maximum Gasteiger partial charge on any atom is 0.472 e. The fourth-order valence-electron chi connectivity index (χ4n) is 9.70. The fraction of sp³-hybridized carbons (Fsp3) is 0.573. The number of phosphoric acid groups is 2. The molecule has 5 atom stereocenters. The molecule has 5 unspecified atom stereocenters. The zero-order chi connectivity index (χ0) is 78.9. The van der Waals surface area contributed by atoms with Crippen molar-refractivity contribution in [2.45, 2.75) is 290 Å². The van der Waals surface area contributed by atoms with Crippen LogP contribution in [-0.2, 0) is 65.4 Å². The molecule has 608 valence electrons. The van der Waals surface area contributed by atoms with Crippen LogP contribution in [0, 0.1) is 0 Å². The van der Waals surface area contributed by atoms with Gasteiger partial charge in [0.25, 0.3) is 0 Å². The number of aliphatic hydroxyl groups excluding tert-OH is 1. The highest BCUT2D eigenvalue weighted by molar-refractivity contribution is 7.47. The molecule has 19 heteroatoms. The molecule has 3 N–H and O–H groups in total. The van der Waals surface area contributed by atoms with Crippen molar-refractivity contribution in [3.05, 3.63) is 207 Å². The Bertz CT molecular complexity index is 2860. The van der Waals surface area contributed by atoms with Crippen LogP contribution in [-0.4, -0.2) is 96.7 Å². The van der Waals surface area contributed by atoms with E-state index in [4.69, 9.17) is 37.0 Å². The van der Waals surface area contributed by atoms with E-state index >= 15 is 0 Å². The molecule has 0 aromatic heterocycles. The van der Waals surface area contributed by atoms with Gasteiger partial charge in [0.15, 0.2) is 12.2 Å². The van der Waals surface area contributed by atoms with Gasteiger partial charge in [-0.3, -0.25) is 37.3 Å². The van der Waals surface area contributed by atoms with E-state index < -0.39 is 97.5 Å². The second-order valence-corrected chi connectivity index (χ2v) is 28.8. The first kappa shape index (κ1) is 102. The average molecular weight is 1540 g/mol. The van der Waals surface area contributed by atoms with Crippen molar-refractivity contribution in [3.63, 3.8) is 0 Å². The van der Waals surface area contributed by atoms with Crippen molar-refractivity contribution in [3.8, 4) is 0 Å². The highest BCUT2D eigenvalue weighted by atomic mass is 31.2. The van der Waals surface area contributed by atoms with Gasteiger partial charge in [0.1, 0.15) is 19.3 Å². The number of carbonyl (C=O) groups is 4. The summed E-state index contributed by atoms with van der Waals surface area (Å²) in [5, 5.41) is 10.6. The van der Waals surface area contributed by atoms with Crippen molar-refractivity contribution >= 4 is 39.5 Å². The Balaban J connectivity index is 5.54. The van der Waals surface area contributed by atoms with Gasteiger partial charge in [-0.2, -0.15) is 0 Å². The van der Waals surface area contributed by atoms with E-state index in [2.05, 4.69) is 204 Å². The highest BCUT2D eigenvalue weighted by Gasteiger charge is 2.30. The molecule has 0 aromatic carbocycles. The third-order valence-corrected chi connectivity index (χ3v) is 17.6. The molecule has 0 heterocycles. The topological polar surface area (TPSA) is 237 Å². The second-order valence-electron chi connectivity index (χ2n) is 25.9. The lowest BCUT2D eigenvalue weighted by molar-refractivity contribution is -0.161. The number of hydrogen-bond donors (Lipinski definition) is 3. The summed E-state index contributed by atoms with van der Waals surface area (Å²) in [6.45, 7) is 4.28. The smallest absolute Gasteiger partial charge is 0.462 e. The van der Waals surface area contributed by atoms with Gasteiger partial charge in [0, 0.05) is 25.7 Å². The largest absolute Gasteiger partial charge is 0.472 e. The van der Waals surface area contributed by atoms with Crippen LogP contribution in [0.2, 0.25) is 0 Å². The Morgan fingerprint density at radius 2 is 0.491 bits per heavy atom. The van der Waals surface area contributed by atoms with Gasteiger partial charge >= 0.3 is 39.5 Å². The molecular weight excluding hydrogens is 1400 g/mol. The predicted molar refractivity (Wildman–Crippen MR) is 445 cm³/mol. The van der Waals surface area contributed by atoms with Crippen molar-refractivity contribution in [1.29, 1.82) is 0 Å². The van der Waals surface area contributed by atoms with Crippen molar-refractivity contribution in [2.24, 2.45) is 0 Å². The number of unbranched alkanes of at least 4 members (excludes halogenated alkanes) is 13. The maximum atomic E-state index is 13.1. The molecule has 0 saturated heterocycles. The van der Waals surface area contributed by atoms with Gasteiger partial charge in [-0.25, -0.2) is 9.13 Å². The van der Waals surface area contributed by atoms with E-state index in [1.807, 2.05) is 30.4 Å². The van der Waals surface area contributed by atoms with E-state index in [1.165, 1.54) is 19.3 Å². The van der Waals surface area contributed by atoms with Crippen LogP contribution >= 0.6 is 15.6 Å². The first-order valence-corrected chi connectivity index (χ1v) is 43.3. The molecule has 108 heavy (non-hydrogen) atoms. The fourth-order valence-corrected chi connectivity index (χ4v) is 11.3. The van der Waals surface area contributed by atoms with E-state index in [1.54, 1.807) is 0 Å². The normalized spacial score (nSPS) is 14.9. The van der Waals surface area contributed by atoms with Gasteiger partial charge < -0.3 is 33.8 Å². The summed E-state index contributed by atoms with van der Waals surface area (Å²) >= 11 is 0. The molecule has 0 aliphatic rings. The lowest BCUT2D eigenvalue weighted by Gasteiger charge is -2.21. The molecule has 17 nitrogen and oxygen atoms in total. The summed E-state index contributed by atoms with van der Waals surface area (Å²) in [4.78, 5) is 73.1. The number of aliphatic hydroxyl groups is 1. The lowest BCUT2D eigenvalue weighted by Crippen LogP contribution is -2.30. The number of carbonyl (C=O) groups excluding carboxylic acids is 4. The summed E-state index contributed by atoms with van der Waals surface area (Å²) in [5.41, 5.74) is 0. The second kappa shape index (κ2) is 78.8. The Morgan fingerprint density at radius 3 is 0.806 bits per heavy atom. The predicted octanol–water partition coefficient (Wildman–Crippen LogP) is 23.9. The number of phosphoric ester groups is 2. The molecule has 0 aliphatic carbocycles. The molecule has 0 aromatic rings. The van der Waals surface area contributed by atoms with Crippen LogP contribution in [0.4, 0.5) is 0 Å². The standard InChI is InChI=1S/C89H140O17P2/c1-5-9-13-17-21-25-29-33-37-40-41-44-47-50-54-58-62-66-70-74-87(92)100-80-85(106-89(94)76-72-68-64-60-56-52-48-43-39-35-31-27-23-19-15-11-7-3)82-104-108(97,98)102-78-83(90)77-101-107(95,96)103-81-84(105-88(93)75-71-67-63-59-55-51-45-36-32-28-24-20-16-12-8-4)79-99-86(91)73-69-65-61-57-53-49-46-42-38-34-30-26-22-18-14-10-6-2/h10-12,14-16,21-28,33-39,41,44-46,48-49,52,55,57,59-61,64,83-85,90H,5-9,13,17-20,29-32,40,42-43,47,50-51,53-54,56,58,62-63,65-82H2,1-4H3,(H,95,96)(H,97,98)/b14-10-,15-11-,16-12-,25-21-,26-22-,27-23-,28-24-,37-33-,38-34-,39-35-,44-41-,45-36-,49-46-,52-48-,59-55-,61-57-,64-60-. The number of allylic oxidation sites excluding steroid dienone is 34. The Labute approximate surface area is 652 Å². The maximum absolute atomic E-state index is 13.1. The summed E-state index contributed by atoms with van der Waals surface area (Å²) in [6.07, 6.45) is 98.2. The summed E-state index contributed by atoms with van der Waals surface area (Å²) in [6, 6.07) is 0. The van der Waals surface area contributed by atoms with Crippen LogP contribution < -0.4 is 0 Å². The molecule has 0 bridgehead atoms. The Kier molecular flexibility index (Phi) is 74.1. The molecule has 0 spiro atoms. The van der Waals surface area contributed by atoms with E-state index in [-0.39, 0.29) is 25.7 Å². The van der Waals surface area contributed by atoms with Crippen molar-refractivity contribution in [1.82, 2.24) is 0 Å². The molecule has 0 amide bonds. The first-order chi connectivity index (χ1) is 52.7. The third kappa shape index (κ3) is 77.8. The minimum absolute atomic E-state index is 0.00258. The number of ether oxygens (including phenoxy) is 4. The summed E-state index contributed by atoms with van der Waals surface area (Å²) in [7, 11) is -10.0. The summed E-state index contributed by atoms with van der Waals surface area (Å²) < 4.78 is 68.5. The quantitative estimate of drug-likeness (QED) is 0.0169. The Hall–Kier alpha value is -6.36. The van der Waals surface area contributed by atoms with Gasteiger partial charge in [-0.15, -0.1) is 0 Å². The van der Waals surface area contributed by atoms with Gasteiger partial charge in [0.2, 0.25) is 0 Å². The molecular formula is C89H140O17P2. The van der Waals surface area contributed by atoms with Gasteiger partial charge in [-0.05, 0) is 180 Å². The van der Waals surface area contributed by atoms with Crippen molar-refractivity contribution in [2.75, 3.05) is 39.6 Å². The van der Waals surface area contributed by atoms with E-state index in [9.17, 15) is 43.2 Å². The van der Waals surface area contributed by atoms with Crippen molar-refractivity contribution < 1.29 is 80.2 Å². The van der Waals surface area contributed by atoms with Crippen LogP contribution in [0.3, 0.4) is 0 Å². The first-order valence-electron chi connectivity index (χ1n) is 40.3. The van der Waals surface area contributed by atoms with Crippen LogP contribution in [0.25, 0.3) is 0 Å². The number of hydrogen-bond acceptors (Lipinski definition) is 15. The SMILES string of the molecule is CC/C=C\C/C=C\C/C=C\C/C=C\C/C=C\CCCC(=O)OCC(COP(=O)(O)OCC(O)COP(=O)(O)OCC(COC(=O)CCCCCCCC/C=C\C/C=C\C/C=C\CCCCC)OC(=O)CCC/C=C\C/C=C\C/C=C\C/C=C\C/C=C\CC)OC(=O)CCCC/C=C\C/C=C\C/C=C\C/C=C\CC. The lowest BCUT2D eigenvalue weighted by atomic mass is 10.1. The average Bonchev–Trinajstić information content (AvgIpc) is 0.906. The van der Waals surface area contributed by atoms with Gasteiger partial charge in [-0.1, -0.05) is 273 Å². The Morgan fingerprint density at radius 1 is 0.269 bits per heavy atom. The molecule has 0 radical (unpaired) electrons. The van der Waals surface area contributed by atoms with Crippen LogP contribution in [0.5, 0.6) is 0 Å². The molecule has 0 aliphatic heterocycles. The van der Waals surface area contributed by atoms with E-state index in [0.717, 1.165) is 154 Å². The summed E-state index contributed by atoms with van der Waals surface area (Å²) in [5.74, 6) is -2.40. The third-order valence-electron chi connectivity index (χ3n) is 15.7. The van der Waals surface area contributed by atoms with Crippen LogP contribution in [0.1, 0.15) is 272 Å². The van der Waals surface area contributed by atoms with Crippen LogP contribution in [0.15, 0.2) is 207 Å². The monoisotopic (exact) mass is 1540 g/mol.